The molecular formula is C16H29NO5. The summed E-state index contributed by atoms with van der Waals surface area (Å²) < 4.78 is 10.0. The molecule has 0 bridgehead atoms. The zero-order valence-electron chi connectivity index (χ0n) is 13.8. The fraction of sp³-hybridized carbons (Fsp3) is 0.750. The van der Waals surface area contributed by atoms with Crippen molar-refractivity contribution in [2.75, 3.05) is 32.9 Å². The van der Waals surface area contributed by atoms with E-state index in [1.54, 1.807) is 18.7 Å². The van der Waals surface area contributed by atoms with Gasteiger partial charge in [-0.1, -0.05) is 25.8 Å². The normalized spacial score (nSPS) is 10.1. The molecule has 0 atom stereocenters. The van der Waals surface area contributed by atoms with E-state index >= 15 is 0 Å². The molecule has 1 N–H and O–H groups in total. The molecule has 0 spiro atoms. The highest BCUT2D eigenvalue weighted by molar-refractivity contribution is 5.86. The maximum Gasteiger partial charge on any atom is 0.409 e. The number of esters is 1. The second-order valence-electron chi connectivity index (χ2n) is 5.09. The molecule has 0 radical (unpaired) electrons. The third-order valence-corrected chi connectivity index (χ3v) is 3.05. The minimum absolute atomic E-state index is 0.134. The van der Waals surface area contributed by atoms with Gasteiger partial charge < -0.3 is 19.5 Å². The van der Waals surface area contributed by atoms with E-state index in [4.69, 9.17) is 14.6 Å². The third-order valence-electron chi connectivity index (χ3n) is 3.05. The van der Waals surface area contributed by atoms with Gasteiger partial charge >= 0.3 is 12.1 Å². The molecule has 0 aromatic carbocycles. The number of hydrogen-bond acceptors (Lipinski definition) is 5. The average Bonchev–Trinajstić information content (AvgIpc) is 2.48. The van der Waals surface area contributed by atoms with Crippen LogP contribution in [0.1, 0.15) is 46.0 Å². The van der Waals surface area contributed by atoms with Crippen molar-refractivity contribution in [3.05, 3.63) is 12.2 Å². The van der Waals surface area contributed by atoms with Gasteiger partial charge in [0, 0.05) is 18.7 Å². The van der Waals surface area contributed by atoms with Gasteiger partial charge in [0.1, 0.15) is 6.61 Å². The van der Waals surface area contributed by atoms with Crippen LogP contribution >= 0.6 is 0 Å². The van der Waals surface area contributed by atoms with Crippen molar-refractivity contribution in [1.82, 2.24) is 4.90 Å². The molecule has 6 nitrogen and oxygen atoms in total. The lowest BCUT2D eigenvalue weighted by atomic mass is 10.1. The molecular weight excluding hydrogens is 286 g/mol. The first-order valence-corrected chi connectivity index (χ1v) is 7.88. The lowest BCUT2D eigenvalue weighted by Crippen LogP contribution is -2.35. The van der Waals surface area contributed by atoms with E-state index in [0.717, 1.165) is 32.1 Å². The lowest BCUT2D eigenvalue weighted by molar-refractivity contribution is -0.139. The predicted octanol–water partition coefficient (Wildman–Crippen LogP) is 2.51. The van der Waals surface area contributed by atoms with Crippen LogP contribution in [0.2, 0.25) is 0 Å². The highest BCUT2D eigenvalue weighted by Gasteiger charge is 2.14. The van der Waals surface area contributed by atoms with Crippen LogP contribution in [0.4, 0.5) is 4.79 Å². The Hall–Kier alpha value is -1.56. The van der Waals surface area contributed by atoms with Crippen molar-refractivity contribution < 1.29 is 24.2 Å². The van der Waals surface area contributed by atoms with Crippen molar-refractivity contribution >= 4 is 12.1 Å². The van der Waals surface area contributed by atoms with Gasteiger partial charge in [0.25, 0.3) is 0 Å². The van der Waals surface area contributed by atoms with Crippen LogP contribution in [0.3, 0.4) is 0 Å². The quantitative estimate of drug-likeness (QED) is 0.340. The zero-order valence-corrected chi connectivity index (χ0v) is 13.8. The summed E-state index contributed by atoms with van der Waals surface area (Å²) in [6.07, 6.45) is 4.30. The SMILES string of the molecule is C=C(C)C(=O)OCCN(CCCCCCCO)C(=O)OCC. The molecule has 0 aliphatic heterocycles. The van der Waals surface area contributed by atoms with E-state index in [1.807, 2.05) is 0 Å². The van der Waals surface area contributed by atoms with Gasteiger partial charge in [0.2, 0.25) is 0 Å². The number of amides is 1. The topological polar surface area (TPSA) is 76.1 Å². The third kappa shape index (κ3) is 10.2. The number of hydrogen-bond donors (Lipinski definition) is 1. The van der Waals surface area contributed by atoms with Crippen molar-refractivity contribution in [3.8, 4) is 0 Å². The maximum atomic E-state index is 11.8. The van der Waals surface area contributed by atoms with Gasteiger partial charge in [-0.2, -0.15) is 0 Å². The Labute approximate surface area is 133 Å². The smallest absolute Gasteiger partial charge is 0.409 e. The van der Waals surface area contributed by atoms with Gasteiger partial charge in [0.05, 0.1) is 13.2 Å². The molecule has 0 saturated carbocycles. The first-order chi connectivity index (χ1) is 10.5. The molecule has 0 fully saturated rings. The Morgan fingerprint density at radius 1 is 1.05 bits per heavy atom. The van der Waals surface area contributed by atoms with E-state index in [9.17, 15) is 9.59 Å². The van der Waals surface area contributed by atoms with Crippen LogP contribution in [-0.4, -0.2) is 55.0 Å². The van der Waals surface area contributed by atoms with Crippen LogP contribution in [-0.2, 0) is 14.3 Å². The molecule has 128 valence electrons. The highest BCUT2D eigenvalue weighted by atomic mass is 16.6. The van der Waals surface area contributed by atoms with E-state index in [2.05, 4.69) is 6.58 Å². The minimum Gasteiger partial charge on any atom is -0.460 e. The first kappa shape index (κ1) is 20.4. The van der Waals surface area contributed by atoms with Crippen molar-refractivity contribution in [2.24, 2.45) is 0 Å². The van der Waals surface area contributed by atoms with Crippen LogP contribution in [0.15, 0.2) is 12.2 Å². The molecule has 0 aromatic rings. The number of ether oxygens (including phenoxy) is 2. The Balaban J connectivity index is 4.07. The molecule has 0 unspecified atom stereocenters. The molecule has 0 saturated heterocycles. The van der Waals surface area contributed by atoms with Crippen molar-refractivity contribution in [1.29, 1.82) is 0 Å². The van der Waals surface area contributed by atoms with Gasteiger partial charge in [-0.3, -0.25) is 0 Å². The molecule has 6 heteroatoms. The molecule has 0 rings (SSSR count). The Morgan fingerprint density at radius 3 is 2.27 bits per heavy atom. The Bertz CT molecular complexity index is 343. The Morgan fingerprint density at radius 2 is 1.68 bits per heavy atom. The summed E-state index contributed by atoms with van der Waals surface area (Å²) in [6, 6.07) is 0. The van der Waals surface area contributed by atoms with E-state index in [0.29, 0.717) is 25.3 Å². The van der Waals surface area contributed by atoms with E-state index in [1.165, 1.54) is 0 Å². The summed E-state index contributed by atoms with van der Waals surface area (Å²) in [6.45, 7) is 8.40. The average molecular weight is 315 g/mol. The summed E-state index contributed by atoms with van der Waals surface area (Å²) >= 11 is 0. The summed E-state index contributed by atoms with van der Waals surface area (Å²) in [4.78, 5) is 24.7. The predicted molar refractivity (Wildman–Crippen MR) is 84.5 cm³/mol. The molecule has 0 aromatic heterocycles. The van der Waals surface area contributed by atoms with Crippen LogP contribution in [0.25, 0.3) is 0 Å². The van der Waals surface area contributed by atoms with Crippen molar-refractivity contribution in [2.45, 2.75) is 46.0 Å². The number of aliphatic hydroxyl groups excluding tert-OH is 1. The highest BCUT2D eigenvalue weighted by Crippen LogP contribution is 2.05. The lowest BCUT2D eigenvalue weighted by Gasteiger charge is -2.21. The van der Waals surface area contributed by atoms with Crippen LogP contribution < -0.4 is 0 Å². The molecule has 0 aliphatic rings. The fourth-order valence-corrected chi connectivity index (χ4v) is 1.83. The van der Waals surface area contributed by atoms with Crippen LogP contribution in [0, 0.1) is 0 Å². The molecule has 22 heavy (non-hydrogen) atoms. The summed E-state index contributed by atoms with van der Waals surface area (Å²) in [7, 11) is 0. The second-order valence-corrected chi connectivity index (χ2v) is 5.09. The molecule has 1 amide bonds. The van der Waals surface area contributed by atoms with Crippen molar-refractivity contribution in [3.63, 3.8) is 0 Å². The largest absolute Gasteiger partial charge is 0.460 e. The second kappa shape index (κ2) is 13.1. The summed E-state index contributed by atoms with van der Waals surface area (Å²) in [5.74, 6) is -0.451. The molecule has 0 aliphatic carbocycles. The fourth-order valence-electron chi connectivity index (χ4n) is 1.83. The standard InChI is InChI=1S/C16H29NO5/c1-4-21-16(20)17(10-8-6-5-7-9-12-18)11-13-22-15(19)14(2)3/h18H,2,4-13H2,1,3H3. The first-order valence-electron chi connectivity index (χ1n) is 7.88. The minimum atomic E-state index is -0.451. The maximum absolute atomic E-state index is 11.8. The number of unbranched alkanes of at least 4 members (excludes halogenated alkanes) is 4. The summed E-state index contributed by atoms with van der Waals surface area (Å²) in [5.41, 5.74) is 0.339. The number of rotatable bonds is 12. The van der Waals surface area contributed by atoms with E-state index in [-0.39, 0.29) is 19.3 Å². The summed E-state index contributed by atoms with van der Waals surface area (Å²) in [5, 5.41) is 8.71. The van der Waals surface area contributed by atoms with Gasteiger partial charge in [0.15, 0.2) is 0 Å². The van der Waals surface area contributed by atoms with Gasteiger partial charge in [-0.05, 0) is 26.7 Å². The molecule has 0 heterocycles. The van der Waals surface area contributed by atoms with Gasteiger partial charge in [-0.25, -0.2) is 9.59 Å². The monoisotopic (exact) mass is 315 g/mol. The number of nitrogens with zero attached hydrogens (tertiary/aromatic N) is 1. The van der Waals surface area contributed by atoms with Gasteiger partial charge in [-0.15, -0.1) is 0 Å². The number of carbonyl (C=O) groups excluding carboxylic acids is 2. The Kier molecular flexibility index (Phi) is 12.2. The number of aliphatic hydroxyl groups is 1. The van der Waals surface area contributed by atoms with E-state index < -0.39 is 5.97 Å². The van der Waals surface area contributed by atoms with Crippen LogP contribution in [0.5, 0.6) is 0 Å². The zero-order chi connectivity index (χ0) is 16.8. The number of carbonyl (C=O) groups is 2.